The Labute approximate surface area is 191 Å². The molecule has 164 valence electrons. The van der Waals surface area contributed by atoms with Crippen LogP contribution in [0.2, 0.25) is 0 Å². The lowest BCUT2D eigenvalue weighted by Gasteiger charge is -2.08. The highest BCUT2D eigenvalue weighted by Gasteiger charge is 2.17. The van der Waals surface area contributed by atoms with Gasteiger partial charge in [0.25, 0.3) is 0 Å². The minimum atomic E-state index is -0.455. The van der Waals surface area contributed by atoms with Gasteiger partial charge < -0.3 is 4.74 Å². The van der Waals surface area contributed by atoms with Gasteiger partial charge >= 0.3 is 0 Å². The minimum absolute atomic E-state index is 0.0745. The molecule has 33 heavy (non-hydrogen) atoms. The standard InChI is InChI=1S/C28H22FNO3/c1-17-2-4-20-14-21(7-9-25(20)30-17)27(32)15-23-12-18(3-8-24(23)29)13-26(31)22-6-5-19-10-11-33-28(19)16-22/h2-9,12,14,16H,10-11,13,15H2,1H3. The summed E-state index contributed by atoms with van der Waals surface area (Å²) >= 11 is 0. The molecular weight excluding hydrogens is 417 g/mol. The fraction of sp³-hybridized carbons (Fsp3) is 0.179. The highest BCUT2D eigenvalue weighted by molar-refractivity contribution is 6.01. The first-order valence-electron chi connectivity index (χ1n) is 10.9. The summed E-state index contributed by atoms with van der Waals surface area (Å²) in [5.41, 5.74) is 4.85. The number of fused-ring (bicyclic) bond motifs is 2. The molecule has 1 aliphatic rings. The molecule has 2 heterocycles. The van der Waals surface area contributed by atoms with Crippen molar-refractivity contribution in [3.63, 3.8) is 0 Å². The molecule has 5 rings (SSSR count). The van der Waals surface area contributed by atoms with Gasteiger partial charge in [0.15, 0.2) is 11.6 Å². The summed E-state index contributed by atoms with van der Waals surface area (Å²) in [7, 11) is 0. The topological polar surface area (TPSA) is 56.3 Å². The zero-order valence-corrected chi connectivity index (χ0v) is 18.2. The molecule has 0 unspecified atom stereocenters. The van der Waals surface area contributed by atoms with E-state index in [0.717, 1.165) is 34.3 Å². The molecule has 0 fully saturated rings. The van der Waals surface area contributed by atoms with Crippen LogP contribution < -0.4 is 4.74 Å². The van der Waals surface area contributed by atoms with E-state index in [1.54, 1.807) is 42.5 Å². The number of carbonyl (C=O) groups excluding carboxylic acids is 2. The van der Waals surface area contributed by atoms with E-state index >= 15 is 0 Å². The van der Waals surface area contributed by atoms with Crippen molar-refractivity contribution in [2.75, 3.05) is 6.61 Å². The van der Waals surface area contributed by atoms with Gasteiger partial charge in [-0.05, 0) is 60.0 Å². The van der Waals surface area contributed by atoms with Crippen LogP contribution in [0.1, 0.15) is 43.1 Å². The molecule has 0 saturated carbocycles. The molecule has 0 amide bonds. The lowest BCUT2D eigenvalue weighted by Crippen LogP contribution is -2.08. The predicted molar refractivity (Wildman–Crippen MR) is 125 cm³/mol. The van der Waals surface area contributed by atoms with Gasteiger partial charge in [-0.2, -0.15) is 0 Å². The smallest absolute Gasteiger partial charge is 0.167 e. The Morgan fingerprint density at radius 1 is 0.909 bits per heavy atom. The normalized spacial score (nSPS) is 12.4. The van der Waals surface area contributed by atoms with Crippen LogP contribution >= 0.6 is 0 Å². The summed E-state index contributed by atoms with van der Waals surface area (Å²) in [5, 5.41) is 0.865. The second-order valence-electron chi connectivity index (χ2n) is 8.41. The molecule has 0 radical (unpaired) electrons. The number of nitrogens with zero attached hydrogens (tertiary/aromatic N) is 1. The Hall–Kier alpha value is -3.86. The van der Waals surface area contributed by atoms with Crippen LogP contribution in [0, 0.1) is 12.7 Å². The van der Waals surface area contributed by atoms with Crippen molar-refractivity contribution in [2.24, 2.45) is 0 Å². The average Bonchev–Trinajstić information content (AvgIpc) is 3.28. The maximum Gasteiger partial charge on any atom is 0.167 e. The van der Waals surface area contributed by atoms with Gasteiger partial charge in [-0.15, -0.1) is 0 Å². The van der Waals surface area contributed by atoms with E-state index in [4.69, 9.17) is 4.74 Å². The van der Waals surface area contributed by atoms with Crippen molar-refractivity contribution < 1.29 is 18.7 Å². The highest BCUT2D eigenvalue weighted by Crippen LogP contribution is 2.27. The van der Waals surface area contributed by atoms with Crippen molar-refractivity contribution >= 4 is 22.5 Å². The fourth-order valence-electron chi connectivity index (χ4n) is 4.18. The first-order valence-corrected chi connectivity index (χ1v) is 10.9. The Balaban J connectivity index is 1.33. The Morgan fingerprint density at radius 2 is 1.70 bits per heavy atom. The van der Waals surface area contributed by atoms with Crippen molar-refractivity contribution in [2.45, 2.75) is 26.2 Å². The number of aromatic nitrogens is 1. The molecule has 1 aliphatic heterocycles. The molecular formula is C28H22FNO3. The number of hydrogen-bond donors (Lipinski definition) is 0. The van der Waals surface area contributed by atoms with Crippen LogP contribution in [-0.4, -0.2) is 23.2 Å². The zero-order valence-electron chi connectivity index (χ0n) is 18.2. The molecule has 0 saturated heterocycles. The molecule has 0 N–H and O–H groups in total. The van der Waals surface area contributed by atoms with E-state index in [1.165, 1.54) is 6.07 Å². The van der Waals surface area contributed by atoms with Crippen LogP contribution in [-0.2, 0) is 19.3 Å². The second-order valence-corrected chi connectivity index (χ2v) is 8.41. The first kappa shape index (κ1) is 21.0. The number of aryl methyl sites for hydroxylation is 1. The zero-order chi connectivity index (χ0) is 22.9. The number of pyridine rings is 1. The van der Waals surface area contributed by atoms with E-state index < -0.39 is 5.82 Å². The van der Waals surface area contributed by atoms with Gasteiger partial charge in [-0.3, -0.25) is 14.6 Å². The summed E-state index contributed by atoms with van der Waals surface area (Å²) in [4.78, 5) is 30.1. The molecule has 0 spiro atoms. The number of ether oxygens (including phenoxy) is 1. The molecule has 4 aromatic rings. The summed E-state index contributed by atoms with van der Waals surface area (Å²) in [5.74, 6) is 0.0423. The number of carbonyl (C=O) groups is 2. The van der Waals surface area contributed by atoms with Crippen LogP contribution in [0.5, 0.6) is 5.75 Å². The number of Topliss-reactive ketones (excluding diaryl/α,β-unsaturated/α-hetero) is 2. The quantitative estimate of drug-likeness (QED) is 0.374. The fourth-order valence-corrected chi connectivity index (χ4v) is 4.18. The molecule has 5 heteroatoms. The maximum atomic E-state index is 14.5. The van der Waals surface area contributed by atoms with E-state index in [0.29, 0.717) is 23.3 Å². The summed E-state index contributed by atoms with van der Waals surface area (Å²) in [6.07, 6.45) is 0.902. The molecule has 0 bridgehead atoms. The maximum absolute atomic E-state index is 14.5. The van der Waals surface area contributed by atoms with Crippen LogP contribution in [0.3, 0.4) is 0 Å². The third-order valence-corrected chi connectivity index (χ3v) is 5.99. The summed E-state index contributed by atoms with van der Waals surface area (Å²) in [6, 6.07) is 19.2. The average molecular weight is 439 g/mol. The number of halogens is 1. The van der Waals surface area contributed by atoms with Gasteiger partial charge in [0, 0.05) is 41.5 Å². The van der Waals surface area contributed by atoms with Crippen LogP contribution in [0.15, 0.2) is 66.7 Å². The third kappa shape index (κ3) is 4.40. The first-order chi connectivity index (χ1) is 16.0. The number of ketones is 2. The minimum Gasteiger partial charge on any atom is -0.493 e. The van der Waals surface area contributed by atoms with Gasteiger partial charge in [0.05, 0.1) is 12.1 Å². The van der Waals surface area contributed by atoms with Crippen molar-refractivity contribution in [3.8, 4) is 5.75 Å². The van der Waals surface area contributed by atoms with Gasteiger partial charge in [0.1, 0.15) is 11.6 Å². The highest BCUT2D eigenvalue weighted by atomic mass is 19.1. The third-order valence-electron chi connectivity index (χ3n) is 5.99. The Bertz CT molecular complexity index is 1410. The largest absolute Gasteiger partial charge is 0.493 e. The van der Waals surface area contributed by atoms with Gasteiger partial charge in [-0.25, -0.2) is 4.39 Å². The van der Waals surface area contributed by atoms with E-state index in [2.05, 4.69) is 4.98 Å². The predicted octanol–water partition coefficient (Wildman–Crippen LogP) is 5.47. The summed E-state index contributed by atoms with van der Waals surface area (Å²) in [6.45, 7) is 2.55. The lowest BCUT2D eigenvalue weighted by molar-refractivity contribution is 0.0986. The van der Waals surface area contributed by atoms with Crippen molar-refractivity contribution in [3.05, 3.63) is 106 Å². The summed E-state index contributed by atoms with van der Waals surface area (Å²) < 4.78 is 20.0. The van der Waals surface area contributed by atoms with Gasteiger partial charge in [-0.1, -0.05) is 30.3 Å². The molecule has 4 nitrogen and oxygen atoms in total. The van der Waals surface area contributed by atoms with Crippen LogP contribution in [0.4, 0.5) is 4.39 Å². The van der Waals surface area contributed by atoms with Gasteiger partial charge in [0.2, 0.25) is 0 Å². The molecule has 0 atom stereocenters. The van der Waals surface area contributed by atoms with E-state index in [1.807, 2.05) is 25.1 Å². The monoisotopic (exact) mass is 439 g/mol. The lowest BCUT2D eigenvalue weighted by atomic mass is 9.96. The van der Waals surface area contributed by atoms with Crippen LogP contribution in [0.25, 0.3) is 10.9 Å². The number of benzene rings is 3. The number of hydrogen-bond acceptors (Lipinski definition) is 4. The molecule has 3 aromatic carbocycles. The SMILES string of the molecule is Cc1ccc2cc(C(=O)Cc3cc(CC(=O)c4ccc5c(c4)OCC5)ccc3F)ccc2n1. The molecule has 0 aliphatic carbocycles. The van der Waals surface area contributed by atoms with E-state index in [9.17, 15) is 14.0 Å². The van der Waals surface area contributed by atoms with Crippen molar-refractivity contribution in [1.29, 1.82) is 0 Å². The molecule has 1 aromatic heterocycles. The van der Waals surface area contributed by atoms with Crippen molar-refractivity contribution in [1.82, 2.24) is 4.98 Å². The number of rotatable bonds is 6. The Kier molecular flexibility index (Phi) is 5.47. The second kappa shape index (κ2) is 8.58. The Morgan fingerprint density at radius 3 is 2.58 bits per heavy atom. The van der Waals surface area contributed by atoms with E-state index in [-0.39, 0.29) is 30.0 Å².